The van der Waals surface area contributed by atoms with Crippen molar-refractivity contribution in [3.63, 3.8) is 0 Å². The van der Waals surface area contributed by atoms with Crippen LogP contribution in [0.4, 0.5) is 5.69 Å². The van der Waals surface area contributed by atoms with E-state index in [9.17, 15) is 0 Å². The molecule has 3 nitrogen and oxygen atoms in total. The van der Waals surface area contributed by atoms with Crippen LogP contribution in [0.5, 0.6) is 0 Å². The van der Waals surface area contributed by atoms with Crippen molar-refractivity contribution in [3.8, 4) is 0 Å². The fourth-order valence-electron chi connectivity index (χ4n) is 2.87. The van der Waals surface area contributed by atoms with Crippen LogP contribution in [0.1, 0.15) is 24.4 Å². The van der Waals surface area contributed by atoms with Gasteiger partial charge in [-0.2, -0.15) is 0 Å². The van der Waals surface area contributed by atoms with E-state index in [1.807, 2.05) is 20.2 Å². The van der Waals surface area contributed by atoms with Crippen molar-refractivity contribution in [1.82, 2.24) is 10.2 Å². The van der Waals surface area contributed by atoms with Gasteiger partial charge in [0.25, 0.3) is 0 Å². The molecule has 2 rings (SSSR count). The Labute approximate surface area is 157 Å². The van der Waals surface area contributed by atoms with E-state index >= 15 is 0 Å². The number of hydrogen-bond donors (Lipinski definition) is 1. The number of rotatable bonds is 6. The van der Waals surface area contributed by atoms with E-state index in [2.05, 4.69) is 39.9 Å². The molecule has 0 saturated carbocycles. The first-order chi connectivity index (χ1) is 10.1. The van der Waals surface area contributed by atoms with Gasteiger partial charge >= 0.3 is 0 Å². The van der Waals surface area contributed by atoms with E-state index < -0.39 is 0 Å². The first-order valence-electron chi connectivity index (χ1n) is 7.66. The van der Waals surface area contributed by atoms with Crippen LogP contribution < -0.4 is 10.2 Å². The lowest BCUT2D eigenvalue weighted by Gasteiger charge is -2.35. The third kappa shape index (κ3) is 6.17. The molecular weight excluding hydrogens is 353 g/mol. The number of hydrogen-bond acceptors (Lipinski definition) is 3. The molecule has 1 atom stereocenters. The third-order valence-corrected chi connectivity index (χ3v) is 4.42. The Morgan fingerprint density at radius 3 is 2.48 bits per heavy atom. The Kier molecular flexibility index (Phi) is 10.9. The third-order valence-electron chi connectivity index (χ3n) is 4.10. The van der Waals surface area contributed by atoms with E-state index in [4.69, 9.17) is 11.6 Å². The summed E-state index contributed by atoms with van der Waals surface area (Å²) < 4.78 is 0. The van der Waals surface area contributed by atoms with Gasteiger partial charge < -0.3 is 10.2 Å². The van der Waals surface area contributed by atoms with Crippen LogP contribution in [0, 0.1) is 0 Å². The first-order valence-corrected chi connectivity index (χ1v) is 8.03. The van der Waals surface area contributed by atoms with Crippen LogP contribution in [0.15, 0.2) is 30.9 Å². The van der Waals surface area contributed by atoms with Gasteiger partial charge in [0.2, 0.25) is 0 Å². The minimum Gasteiger partial charge on any atom is -0.378 e. The normalized spacial score (nSPS) is 16.0. The number of anilines is 1. The molecule has 0 amide bonds. The van der Waals surface area contributed by atoms with Crippen molar-refractivity contribution < 1.29 is 0 Å². The van der Waals surface area contributed by atoms with Gasteiger partial charge in [0.15, 0.2) is 0 Å². The Balaban J connectivity index is 0.00000242. The maximum Gasteiger partial charge on any atom is 0.0474 e. The highest BCUT2D eigenvalue weighted by molar-refractivity contribution is 6.31. The lowest BCUT2D eigenvalue weighted by molar-refractivity contribution is 0.166. The molecule has 0 bridgehead atoms. The van der Waals surface area contributed by atoms with Crippen LogP contribution in [0.2, 0.25) is 5.02 Å². The fourth-order valence-corrected chi connectivity index (χ4v) is 3.17. The van der Waals surface area contributed by atoms with Crippen LogP contribution >= 0.6 is 36.4 Å². The zero-order chi connectivity index (χ0) is 15.2. The lowest BCUT2D eigenvalue weighted by Crippen LogP contribution is -2.45. The molecule has 1 saturated heterocycles. The van der Waals surface area contributed by atoms with E-state index in [1.54, 1.807) is 0 Å². The molecule has 1 aliphatic heterocycles. The maximum absolute atomic E-state index is 6.57. The summed E-state index contributed by atoms with van der Waals surface area (Å²) in [5.41, 5.74) is 2.39. The van der Waals surface area contributed by atoms with Gasteiger partial charge in [-0.25, -0.2) is 0 Å². The molecule has 23 heavy (non-hydrogen) atoms. The topological polar surface area (TPSA) is 18.5 Å². The molecule has 6 heteroatoms. The van der Waals surface area contributed by atoms with E-state index in [0.717, 1.165) is 49.7 Å². The first kappa shape index (κ1) is 22.6. The molecule has 1 aromatic carbocycles. The lowest BCUT2D eigenvalue weighted by atomic mass is 9.99. The summed E-state index contributed by atoms with van der Waals surface area (Å²) >= 11 is 6.57. The number of nitrogens with one attached hydrogen (secondary N) is 1. The van der Waals surface area contributed by atoms with Crippen molar-refractivity contribution in [1.29, 1.82) is 0 Å². The summed E-state index contributed by atoms with van der Waals surface area (Å²) in [6, 6.07) is 6.80. The Bertz CT molecular complexity index is 474. The summed E-state index contributed by atoms with van der Waals surface area (Å²) in [6.45, 7) is 8.12. The minimum atomic E-state index is 0. The van der Waals surface area contributed by atoms with Crippen LogP contribution in [-0.4, -0.2) is 45.2 Å². The summed E-state index contributed by atoms with van der Waals surface area (Å²) in [7, 11) is 4.08. The highest BCUT2D eigenvalue weighted by Crippen LogP contribution is 2.33. The number of halogens is 3. The monoisotopic (exact) mass is 379 g/mol. The van der Waals surface area contributed by atoms with E-state index in [-0.39, 0.29) is 24.8 Å². The summed E-state index contributed by atoms with van der Waals surface area (Å²) in [5, 5.41) is 4.28. The number of allylic oxidation sites excluding steroid dienone is 1. The predicted molar refractivity (Wildman–Crippen MR) is 107 cm³/mol. The fraction of sp³-hybridized carbons (Fsp3) is 0.529. The van der Waals surface area contributed by atoms with Crippen molar-refractivity contribution in [3.05, 3.63) is 41.4 Å². The smallest absolute Gasteiger partial charge is 0.0474 e. The SMILES string of the molecule is C=CCC[C@@H](c1ccc(N(C)C)cc1Cl)N1CCNCC1.Cl.Cl. The van der Waals surface area contributed by atoms with Gasteiger partial charge in [0.05, 0.1) is 0 Å². The molecule has 0 unspecified atom stereocenters. The summed E-state index contributed by atoms with van der Waals surface area (Å²) in [6.07, 6.45) is 4.09. The Morgan fingerprint density at radius 1 is 1.30 bits per heavy atom. The van der Waals surface area contributed by atoms with Crippen LogP contribution in [-0.2, 0) is 0 Å². The summed E-state index contributed by atoms with van der Waals surface area (Å²) in [5.74, 6) is 0. The number of nitrogens with zero attached hydrogens (tertiary/aromatic N) is 2. The molecule has 1 aromatic rings. The van der Waals surface area contributed by atoms with Gasteiger partial charge in [-0.1, -0.05) is 23.7 Å². The zero-order valence-electron chi connectivity index (χ0n) is 13.9. The average Bonchev–Trinajstić information content (AvgIpc) is 2.50. The molecule has 0 radical (unpaired) electrons. The largest absolute Gasteiger partial charge is 0.378 e. The van der Waals surface area contributed by atoms with Gasteiger partial charge in [-0.3, -0.25) is 4.90 Å². The number of benzene rings is 1. The highest BCUT2D eigenvalue weighted by Gasteiger charge is 2.23. The zero-order valence-corrected chi connectivity index (χ0v) is 16.3. The second-order valence-corrected chi connectivity index (χ2v) is 6.18. The molecule has 0 spiro atoms. The van der Waals surface area contributed by atoms with Crippen molar-refractivity contribution in [2.24, 2.45) is 0 Å². The molecule has 1 heterocycles. The molecule has 1 N–H and O–H groups in total. The maximum atomic E-state index is 6.57. The van der Waals surface area contributed by atoms with Crippen molar-refractivity contribution >= 4 is 42.1 Å². The van der Waals surface area contributed by atoms with E-state index in [1.165, 1.54) is 5.56 Å². The predicted octanol–water partition coefficient (Wildman–Crippen LogP) is 4.16. The highest BCUT2D eigenvalue weighted by atomic mass is 35.5. The van der Waals surface area contributed by atoms with E-state index in [0.29, 0.717) is 6.04 Å². The molecule has 0 aliphatic carbocycles. The van der Waals surface area contributed by atoms with Gasteiger partial charge in [0.1, 0.15) is 0 Å². The molecule has 132 valence electrons. The van der Waals surface area contributed by atoms with Crippen molar-refractivity contribution in [2.75, 3.05) is 45.2 Å². The van der Waals surface area contributed by atoms with Gasteiger partial charge in [-0.05, 0) is 30.5 Å². The second-order valence-electron chi connectivity index (χ2n) is 5.77. The Hall–Kier alpha value is -0.450. The standard InChI is InChI=1S/C17H26ClN3.2ClH/c1-4-5-6-17(21-11-9-19-10-12-21)15-8-7-14(20(2)3)13-16(15)18;;/h4,7-8,13,17,19H,1,5-6,9-12H2,2-3H3;2*1H/t17-;;/m0../s1. The van der Waals surface area contributed by atoms with Gasteiger partial charge in [-0.15, -0.1) is 31.4 Å². The minimum absolute atomic E-state index is 0. The quantitative estimate of drug-likeness (QED) is 0.747. The molecule has 0 aromatic heterocycles. The summed E-state index contributed by atoms with van der Waals surface area (Å²) in [4.78, 5) is 4.62. The van der Waals surface area contributed by atoms with Crippen LogP contribution in [0.25, 0.3) is 0 Å². The Morgan fingerprint density at radius 2 is 1.96 bits per heavy atom. The van der Waals surface area contributed by atoms with Crippen LogP contribution in [0.3, 0.4) is 0 Å². The molecule has 1 fully saturated rings. The second kappa shape index (κ2) is 11.2. The van der Waals surface area contributed by atoms with Crippen molar-refractivity contribution in [2.45, 2.75) is 18.9 Å². The van der Waals surface area contributed by atoms with Gasteiger partial charge in [0, 0.05) is 57.0 Å². The molecule has 1 aliphatic rings. The molecular formula is C17H28Cl3N3. The number of piperazine rings is 1. The average molecular weight is 381 g/mol.